The Hall–Kier alpha value is -1.35. The van der Waals surface area contributed by atoms with E-state index >= 15 is 0 Å². The number of methoxy groups -OCH3 is 1. The van der Waals surface area contributed by atoms with E-state index in [4.69, 9.17) is 0 Å². The summed E-state index contributed by atoms with van der Waals surface area (Å²) < 4.78 is 4.64. The second-order valence-corrected chi connectivity index (χ2v) is 3.16. The average Bonchev–Trinajstić information content (AvgIpc) is 2.20. The van der Waals surface area contributed by atoms with E-state index in [1.807, 2.05) is 26.1 Å². The molecule has 0 saturated heterocycles. The van der Waals surface area contributed by atoms with Gasteiger partial charge in [0.2, 0.25) is 0 Å². The summed E-state index contributed by atoms with van der Waals surface area (Å²) in [6, 6.07) is 5.57. The summed E-state index contributed by atoms with van der Waals surface area (Å²) in [4.78, 5) is 11.2. The first-order valence-corrected chi connectivity index (χ1v) is 4.51. The van der Waals surface area contributed by atoms with Crippen molar-refractivity contribution in [3.8, 4) is 0 Å². The predicted octanol–water partition coefficient (Wildman–Crippen LogP) is 1.50. The maximum Gasteiger partial charge on any atom is 0.337 e. The molecule has 1 rings (SSSR count). The Morgan fingerprint density at radius 3 is 2.71 bits per heavy atom. The molecule has 0 atom stereocenters. The minimum atomic E-state index is -0.288. The topological polar surface area (TPSA) is 38.3 Å². The molecule has 0 radical (unpaired) electrons. The van der Waals surface area contributed by atoms with E-state index in [0.29, 0.717) is 5.56 Å². The van der Waals surface area contributed by atoms with Crippen LogP contribution in [0.1, 0.15) is 21.5 Å². The number of esters is 1. The molecular weight excluding hydrogens is 178 g/mol. The Kier molecular flexibility index (Phi) is 3.65. The highest BCUT2D eigenvalue weighted by Gasteiger charge is 2.06. The van der Waals surface area contributed by atoms with Crippen molar-refractivity contribution in [3.05, 3.63) is 34.9 Å². The van der Waals surface area contributed by atoms with Gasteiger partial charge in [-0.3, -0.25) is 0 Å². The van der Waals surface area contributed by atoms with E-state index in [0.717, 1.165) is 12.1 Å². The largest absolute Gasteiger partial charge is 0.465 e. The third-order valence-electron chi connectivity index (χ3n) is 2.13. The van der Waals surface area contributed by atoms with Gasteiger partial charge in [0.15, 0.2) is 0 Å². The van der Waals surface area contributed by atoms with Crippen LogP contribution in [0.25, 0.3) is 0 Å². The fraction of sp³-hybridized carbons (Fsp3) is 0.364. The Balaban J connectivity index is 2.94. The van der Waals surface area contributed by atoms with Crippen LogP contribution in [0.2, 0.25) is 0 Å². The first kappa shape index (κ1) is 10.7. The van der Waals surface area contributed by atoms with Gasteiger partial charge in [-0.2, -0.15) is 0 Å². The standard InChI is InChI=1S/C11H15NO2/c1-8-6-9(11(13)14-3)4-5-10(8)7-12-2/h4-6,12H,7H2,1-3H3. The predicted molar refractivity (Wildman–Crippen MR) is 55.3 cm³/mol. The van der Waals surface area contributed by atoms with Crippen molar-refractivity contribution in [2.75, 3.05) is 14.2 Å². The third-order valence-corrected chi connectivity index (χ3v) is 2.13. The molecule has 0 aliphatic heterocycles. The molecule has 0 aliphatic carbocycles. The number of carbonyl (C=O) groups excluding carboxylic acids is 1. The molecule has 0 aliphatic rings. The molecule has 0 amide bonds. The molecule has 1 N–H and O–H groups in total. The second kappa shape index (κ2) is 4.77. The number of rotatable bonds is 3. The number of hydrogen-bond acceptors (Lipinski definition) is 3. The zero-order valence-electron chi connectivity index (χ0n) is 8.76. The van der Waals surface area contributed by atoms with E-state index in [9.17, 15) is 4.79 Å². The molecule has 3 heteroatoms. The fourth-order valence-corrected chi connectivity index (χ4v) is 1.33. The monoisotopic (exact) mass is 193 g/mol. The van der Waals surface area contributed by atoms with E-state index in [1.54, 1.807) is 6.07 Å². The molecule has 3 nitrogen and oxygen atoms in total. The lowest BCUT2D eigenvalue weighted by Crippen LogP contribution is -2.08. The van der Waals surface area contributed by atoms with Crippen molar-refractivity contribution in [2.24, 2.45) is 0 Å². The first-order chi connectivity index (χ1) is 6.69. The fourth-order valence-electron chi connectivity index (χ4n) is 1.33. The average molecular weight is 193 g/mol. The lowest BCUT2D eigenvalue weighted by molar-refractivity contribution is 0.0600. The normalized spacial score (nSPS) is 9.93. The van der Waals surface area contributed by atoms with Crippen LogP contribution in [-0.4, -0.2) is 20.1 Å². The summed E-state index contributed by atoms with van der Waals surface area (Å²) in [6.07, 6.45) is 0. The van der Waals surface area contributed by atoms with Gasteiger partial charge in [-0.15, -0.1) is 0 Å². The molecule has 0 saturated carbocycles. The molecule has 0 bridgehead atoms. The second-order valence-electron chi connectivity index (χ2n) is 3.16. The summed E-state index contributed by atoms with van der Waals surface area (Å²) in [7, 11) is 3.28. The molecule has 0 heterocycles. The van der Waals surface area contributed by atoms with Crippen LogP contribution in [0, 0.1) is 6.92 Å². The van der Waals surface area contributed by atoms with E-state index in [-0.39, 0.29) is 5.97 Å². The highest BCUT2D eigenvalue weighted by molar-refractivity contribution is 5.89. The Bertz CT molecular complexity index is 334. The minimum Gasteiger partial charge on any atom is -0.465 e. The van der Waals surface area contributed by atoms with Crippen LogP contribution in [0.15, 0.2) is 18.2 Å². The summed E-state index contributed by atoms with van der Waals surface area (Å²) in [5.41, 5.74) is 2.90. The van der Waals surface area contributed by atoms with Gasteiger partial charge < -0.3 is 10.1 Å². The molecule has 0 fully saturated rings. The van der Waals surface area contributed by atoms with Gasteiger partial charge in [0.25, 0.3) is 0 Å². The van der Waals surface area contributed by atoms with Crippen LogP contribution in [0.5, 0.6) is 0 Å². The number of aryl methyl sites for hydroxylation is 1. The van der Waals surface area contributed by atoms with E-state index < -0.39 is 0 Å². The summed E-state index contributed by atoms with van der Waals surface area (Å²) >= 11 is 0. The lowest BCUT2D eigenvalue weighted by atomic mass is 10.1. The van der Waals surface area contributed by atoms with Crippen molar-refractivity contribution < 1.29 is 9.53 Å². The lowest BCUT2D eigenvalue weighted by Gasteiger charge is -2.06. The molecular formula is C11H15NO2. The maximum atomic E-state index is 11.2. The number of hydrogen-bond donors (Lipinski definition) is 1. The molecule has 0 aromatic heterocycles. The van der Waals surface area contributed by atoms with Gasteiger partial charge >= 0.3 is 5.97 Å². The van der Waals surface area contributed by atoms with Gasteiger partial charge in [-0.05, 0) is 37.2 Å². The summed E-state index contributed by atoms with van der Waals surface area (Å²) in [6.45, 7) is 2.80. The van der Waals surface area contributed by atoms with Crippen LogP contribution in [-0.2, 0) is 11.3 Å². The minimum absolute atomic E-state index is 0.288. The van der Waals surface area contributed by atoms with E-state index in [1.165, 1.54) is 12.7 Å². The van der Waals surface area contributed by atoms with Crippen molar-refractivity contribution in [1.82, 2.24) is 5.32 Å². The zero-order chi connectivity index (χ0) is 10.6. The van der Waals surface area contributed by atoms with Crippen molar-refractivity contribution in [3.63, 3.8) is 0 Å². The first-order valence-electron chi connectivity index (χ1n) is 4.51. The summed E-state index contributed by atoms with van der Waals surface area (Å²) in [5.74, 6) is -0.288. The smallest absolute Gasteiger partial charge is 0.337 e. The SMILES string of the molecule is CNCc1ccc(C(=O)OC)cc1C. The zero-order valence-corrected chi connectivity index (χ0v) is 8.76. The number of ether oxygens (including phenoxy) is 1. The number of nitrogens with one attached hydrogen (secondary N) is 1. The van der Waals surface area contributed by atoms with Crippen LogP contribution in [0.3, 0.4) is 0 Å². The van der Waals surface area contributed by atoms with Crippen molar-refractivity contribution in [2.45, 2.75) is 13.5 Å². The van der Waals surface area contributed by atoms with Gasteiger partial charge in [-0.1, -0.05) is 6.07 Å². The third kappa shape index (κ3) is 2.33. The van der Waals surface area contributed by atoms with Crippen LogP contribution < -0.4 is 5.32 Å². The van der Waals surface area contributed by atoms with Crippen molar-refractivity contribution >= 4 is 5.97 Å². The maximum absolute atomic E-state index is 11.2. The molecule has 1 aromatic rings. The number of carbonyl (C=O) groups is 1. The van der Waals surface area contributed by atoms with E-state index in [2.05, 4.69) is 10.1 Å². The molecule has 1 aromatic carbocycles. The van der Waals surface area contributed by atoms with Crippen LogP contribution >= 0.6 is 0 Å². The molecule has 0 unspecified atom stereocenters. The quantitative estimate of drug-likeness (QED) is 0.739. The van der Waals surface area contributed by atoms with Crippen molar-refractivity contribution in [1.29, 1.82) is 0 Å². The van der Waals surface area contributed by atoms with Gasteiger partial charge in [0.1, 0.15) is 0 Å². The summed E-state index contributed by atoms with van der Waals surface area (Å²) in [5, 5.41) is 3.07. The number of benzene rings is 1. The molecule has 0 spiro atoms. The van der Waals surface area contributed by atoms with Gasteiger partial charge in [-0.25, -0.2) is 4.79 Å². The highest BCUT2D eigenvalue weighted by Crippen LogP contribution is 2.11. The Morgan fingerprint density at radius 1 is 1.50 bits per heavy atom. The van der Waals surface area contributed by atoms with Gasteiger partial charge in [0, 0.05) is 6.54 Å². The molecule has 76 valence electrons. The Labute approximate surface area is 84.1 Å². The molecule has 14 heavy (non-hydrogen) atoms. The Morgan fingerprint density at radius 2 is 2.21 bits per heavy atom. The highest BCUT2D eigenvalue weighted by atomic mass is 16.5. The van der Waals surface area contributed by atoms with Crippen LogP contribution in [0.4, 0.5) is 0 Å². The van der Waals surface area contributed by atoms with Gasteiger partial charge in [0.05, 0.1) is 12.7 Å².